The van der Waals surface area contributed by atoms with Crippen molar-refractivity contribution >= 4 is 22.1 Å². The van der Waals surface area contributed by atoms with Gasteiger partial charge >= 0.3 is 5.69 Å². The van der Waals surface area contributed by atoms with E-state index >= 15 is 0 Å². The number of aryl methyl sites for hydroxylation is 1. The van der Waals surface area contributed by atoms with Crippen LogP contribution in [-0.2, 0) is 23.1 Å². The van der Waals surface area contributed by atoms with Gasteiger partial charge in [-0.25, -0.2) is 4.79 Å². The Labute approximate surface area is 197 Å². The minimum atomic E-state index is -0.0676. The van der Waals surface area contributed by atoms with E-state index in [1.54, 1.807) is 18.7 Å². The number of benzene rings is 1. The number of imidazole rings is 1. The molecule has 0 bridgehead atoms. The number of hydrogen-bond donors (Lipinski definition) is 0. The second-order valence-corrected chi connectivity index (χ2v) is 9.19. The summed E-state index contributed by atoms with van der Waals surface area (Å²) in [6.07, 6.45) is 3.70. The van der Waals surface area contributed by atoms with Gasteiger partial charge in [-0.3, -0.25) is 14.1 Å². The molecule has 0 spiro atoms. The standard InChI is InChI=1S/C25H30N6O3/c1-29(2)9-10-34-15-18-7-5-17(14-26-18)16-6-8-22-21(11-16)23-24(28-27-22)30(3)25(32)31(23)19-12-20(13-19)33-4/h5-8,11,14,19-20H,9-10,12-13,15H2,1-4H3/t19-,20+. The van der Waals surface area contributed by atoms with Crippen LogP contribution in [0, 0.1) is 0 Å². The molecule has 1 aliphatic rings. The number of rotatable bonds is 8. The summed E-state index contributed by atoms with van der Waals surface area (Å²) in [7, 11) is 7.52. The topological polar surface area (TPSA) is 87.3 Å². The quantitative estimate of drug-likeness (QED) is 0.372. The molecule has 1 saturated carbocycles. The van der Waals surface area contributed by atoms with E-state index in [1.165, 1.54) is 0 Å². The van der Waals surface area contributed by atoms with Crippen molar-refractivity contribution in [2.24, 2.45) is 7.05 Å². The third-order valence-corrected chi connectivity index (χ3v) is 6.63. The summed E-state index contributed by atoms with van der Waals surface area (Å²) < 4.78 is 14.6. The summed E-state index contributed by atoms with van der Waals surface area (Å²) in [6, 6.07) is 10.2. The molecule has 0 radical (unpaired) electrons. The second kappa shape index (κ2) is 9.25. The maximum absolute atomic E-state index is 13.1. The molecule has 1 fully saturated rings. The van der Waals surface area contributed by atoms with Crippen molar-refractivity contribution in [1.82, 2.24) is 29.2 Å². The van der Waals surface area contributed by atoms with Crippen LogP contribution in [0.1, 0.15) is 24.6 Å². The molecule has 1 aromatic carbocycles. The van der Waals surface area contributed by atoms with Gasteiger partial charge in [0.05, 0.1) is 30.5 Å². The molecule has 0 atom stereocenters. The van der Waals surface area contributed by atoms with E-state index in [-0.39, 0.29) is 17.8 Å². The Morgan fingerprint density at radius 2 is 1.91 bits per heavy atom. The van der Waals surface area contributed by atoms with Crippen molar-refractivity contribution in [3.63, 3.8) is 0 Å². The zero-order valence-corrected chi connectivity index (χ0v) is 20.1. The van der Waals surface area contributed by atoms with E-state index in [1.807, 2.05) is 43.1 Å². The molecule has 0 amide bonds. The lowest BCUT2D eigenvalue weighted by Crippen LogP contribution is -2.37. The van der Waals surface area contributed by atoms with Crippen LogP contribution >= 0.6 is 0 Å². The minimum absolute atomic E-state index is 0.0676. The fourth-order valence-corrected chi connectivity index (χ4v) is 4.46. The van der Waals surface area contributed by atoms with Crippen LogP contribution in [0.2, 0.25) is 0 Å². The van der Waals surface area contributed by atoms with Crippen LogP contribution in [0.5, 0.6) is 0 Å². The van der Waals surface area contributed by atoms with Crippen LogP contribution in [-0.4, -0.2) is 69.7 Å². The summed E-state index contributed by atoms with van der Waals surface area (Å²) in [5, 5.41) is 9.65. The monoisotopic (exact) mass is 462 g/mol. The Hall–Kier alpha value is -3.14. The van der Waals surface area contributed by atoms with E-state index in [2.05, 4.69) is 32.2 Å². The third kappa shape index (κ3) is 4.11. The van der Waals surface area contributed by atoms with Gasteiger partial charge in [0.15, 0.2) is 5.65 Å². The number of aromatic nitrogens is 5. The lowest BCUT2D eigenvalue weighted by atomic mass is 9.89. The first-order chi connectivity index (χ1) is 16.5. The van der Waals surface area contributed by atoms with Gasteiger partial charge in [0.25, 0.3) is 0 Å². The van der Waals surface area contributed by atoms with Crippen LogP contribution in [0.4, 0.5) is 0 Å². The lowest BCUT2D eigenvalue weighted by molar-refractivity contribution is 0.00635. The Morgan fingerprint density at radius 3 is 2.62 bits per heavy atom. The maximum atomic E-state index is 13.1. The highest BCUT2D eigenvalue weighted by Crippen LogP contribution is 2.37. The van der Waals surface area contributed by atoms with E-state index in [4.69, 9.17) is 9.47 Å². The number of hydrogen-bond acceptors (Lipinski definition) is 7. The molecule has 0 N–H and O–H groups in total. The minimum Gasteiger partial charge on any atom is -0.381 e. The molecule has 0 saturated heterocycles. The summed E-state index contributed by atoms with van der Waals surface area (Å²) >= 11 is 0. The fourth-order valence-electron chi connectivity index (χ4n) is 4.46. The third-order valence-electron chi connectivity index (χ3n) is 6.63. The van der Waals surface area contributed by atoms with E-state index in [9.17, 15) is 4.79 Å². The summed E-state index contributed by atoms with van der Waals surface area (Å²) in [4.78, 5) is 19.8. The number of likely N-dealkylation sites (N-methyl/N-ethyl adjacent to an activating group) is 1. The van der Waals surface area contributed by atoms with Gasteiger partial charge in [0, 0.05) is 43.9 Å². The molecular formula is C25H30N6O3. The molecule has 1 aliphatic carbocycles. The van der Waals surface area contributed by atoms with E-state index in [0.29, 0.717) is 18.9 Å². The highest BCUT2D eigenvalue weighted by Gasteiger charge is 2.34. The summed E-state index contributed by atoms with van der Waals surface area (Å²) in [5.74, 6) is 0. The molecule has 9 heteroatoms. The average Bonchev–Trinajstić information content (AvgIpc) is 3.07. The molecule has 0 unspecified atom stereocenters. The molecular weight excluding hydrogens is 432 g/mol. The molecule has 5 rings (SSSR count). The first-order valence-electron chi connectivity index (χ1n) is 11.5. The SMILES string of the molecule is CO[C@H]1C[C@@H](n2c(=O)n(C)c3nnc4ccc(-c5ccc(COCCN(C)C)nc5)cc4c32)C1. The predicted octanol–water partition coefficient (Wildman–Crippen LogP) is 2.77. The Bertz CT molecular complexity index is 1370. The van der Waals surface area contributed by atoms with Gasteiger partial charge in [-0.2, -0.15) is 0 Å². The largest absolute Gasteiger partial charge is 0.381 e. The van der Waals surface area contributed by atoms with Crippen molar-refractivity contribution in [2.75, 3.05) is 34.4 Å². The number of pyridine rings is 1. The first-order valence-corrected chi connectivity index (χ1v) is 11.5. The van der Waals surface area contributed by atoms with Crippen LogP contribution in [0.3, 0.4) is 0 Å². The van der Waals surface area contributed by atoms with Gasteiger partial charge < -0.3 is 14.4 Å². The average molecular weight is 463 g/mol. The lowest BCUT2D eigenvalue weighted by Gasteiger charge is -2.34. The first kappa shape index (κ1) is 22.6. The van der Waals surface area contributed by atoms with Crippen molar-refractivity contribution in [3.05, 3.63) is 52.7 Å². The second-order valence-electron chi connectivity index (χ2n) is 9.19. The van der Waals surface area contributed by atoms with Crippen LogP contribution < -0.4 is 5.69 Å². The molecule has 178 valence electrons. The van der Waals surface area contributed by atoms with E-state index < -0.39 is 0 Å². The number of fused-ring (bicyclic) bond motifs is 3. The van der Waals surface area contributed by atoms with Crippen molar-refractivity contribution < 1.29 is 9.47 Å². The van der Waals surface area contributed by atoms with Crippen LogP contribution in [0.15, 0.2) is 41.3 Å². The summed E-state index contributed by atoms with van der Waals surface area (Å²) in [6.45, 7) is 2.04. The fraction of sp³-hybridized carbons (Fsp3) is 0.440. The van der Waals surface area contributed by atoms with Crippen LogP contribution in [0.25, 0.3) is 33.2 Å². The molecule has 34 heavy (non-hydrogen) atoms. The zero-order chi connectivity index (χ0) is 23.8. The zero-order valence-electron chi connectivity index (χ0n) is 20.1. The maximum Gasteiger partial charge on any atom is 0.330 e. The normalized spacial score (nSPS) is 18.1. The van der Waals surface area contributed by atoms with Crippen molar-refractivity contribution in [3.8, 4) is 11.1 Å². The summed E-state index contributed by atoms with van der Waals surface area (Å²) in [5.41, 5.74) is 5.03. The molecule has 3 heterocycles. The Balaban J connectivity index is 1.48. The van der Waals surface area contributed by atoms with Gasteiger partial charge in [0.1, 0.15) is 5.52 Å². The van der Waals surface area contributed by atoms with Gasteiger partial charge in [-0.05, 0) is 50.7 Å². The van der Waals surface area contributed by atoms with Gasteiger partial charge in [-0.15, -0.1) is 10.2 Å². The predicted molar refractivity (Wildman–Crippen MR) is 131 cm³/mol. The number of methoxy groups -OCH3 is 1. The Kier molecular flexibility index (Phi) is 6.16. The molecule has 9 nitrogen and oxygen atoms in total. The highest BCUT2D eigenvalue weighted by molar-refractivity contribution is 6.02. The smallest absolute Gasteiger partial charge is 0.330 e. The Morgan fingerprint density at radius 1 is 1.12 bits per heavy atom. The number of ether oxygens (including phenoxy) is 2. The van der Waals surface area contributed by atoms with Crippen molar-refractivity contribution in [1.29, 1.82) is 0 Å². The molecule has 0 aliphatic heterocycles. The van der Waals surface area contributed by atoms with Gasteiger partial charge in [0.2, 0.25) is 0 Å². The highest BCUT2D eigenvalue weighted by atomic mass is 16.5. The molecule has 4 aromatic rings. The molecule has 3 aromatic heterocycles. The van der Waals surface area contributed by atoms with Gasteiger partial charge in [-0.1, -0.05) is 12.1 Å². The number of nitrogens with zero attached hydrogens (tertiary/aromatic N) is 6. The van der Waals surface area contributed by atoms with E-state index in [0.717, 1.165) is 52.6 Å². The van der Waals surface area contributed by atoms with Crippen molar-refractivity contribution in [2.45, 2.75) is 31.6 Å².